The first-order valence-corrected chi connectivity index (χ1v) is 13.3. The van der Waals surface area contributed by atoms with E-state index in [1.165, 1.54) is 26.3 Å². The topological polar surface area (TPSA) is 110 Å². The smallest absolute Gasteiger partial charge is 0.309 e. The Labute approximate surface area is 240 Å². The third-order valence-corrected chi connectivity index (χ3v) is 6.83. The second-order valence-electron chi connectivity index (χ2n) is 9.83. The quantitative estimate of drug-likeness (QED) is 0.205. The van der Waals surface area contributed by atoms with Gasteiger partial charge in [0.15, 0.2) is 17.2 Å². The number of pyridine rings is 1. The molecule has 0 fully saturated rings. The summed E-state index contributed by atoms with van der Waals surface area (Å²) in [5, 5.41) is 0. The van der Waals surface area contributed by atoms with Gasteiger partial charge in [-0.3, -0.25) is 14.4 Å². The van der Waals surface area contributed by atoms with Crippen molar-refractivity contribution in [3.63, 3.8) is 0 Å². The number of esters is 2. The molecule has 1 aromatic heterocycles. The number of aromatic nitrogens is 1. The van der Waals surface area contributed by atoms with Crippen LogP contribution < -0.4 is 18.9 Å². The van der Waals surface area contributed by atoms with Crippen molar-refractivity contribution >= 4 is 17.7 Å². The summed E-state index contributed by atoms with van der Waals surface area (Å²) in [6.45, 7) is 8.53. The van der Waals surface area contributed by atoms with Crippen molar-refractivity contribution in [2.75, 3.05) is 21.3 Å². The fourth-order valence-corrected chi connectivity index (χ4v) is 4.93. The van der Waals surface area contributed by atoms with Gasteiger partial charge in [0.25, 0.3) is 0 Å². The number of aryl methyl sites for hydroxylation is 2. The zero-order valence-corrected chi connectivity index (χ0v) is 24.8. The molecule has 0 aliphatic rings. The number of carbonyl (C=O) groups is 3. The molecule has 0 aliphatic heterocycles. The summed E-state index contributed by atoms with van der Waals surface area (Å²) in [5.74, 6) is -1.45. The van der Waals surface area contributed by atoms with Crippen LogP contribution in [-0.4, -0.2) is 50.1 Å². The van der Waals surface area contributed by atoms with Crippen molar-refractivity contribution in [3.05, 3.63) is 76.6 Å². The van der Waals surface area contributed by atoms with Crippen LogP contribution in [0.1, 0.15) is 65.9 Å². The third kappa shape index (κ3) is 7.03. The average molecular weight is 564 g/mol. The fourth-order valence-electron chi connectivity index (χ4n) is 4.93. The molecule has 41 heavy (non-hydrogen) atoms. The van der Waals surface area contributed by atoms with Crippen molar-refractivity contribution in [2.24, 2.45) is 5.92 Å². The van der Waals surface area contributed by atoms with E-state index in [0.29, 0.717) is 11.5 Å². The number of hydrogen-bond acceptors (Lipinski definition) is 9. The molecule has 2 atom stereocenters. The Hall–Kier alpha value is -4.40. The standard InChI is InChI=1S/C32H37NO8/c1-18-11-9-13-23(29(18)38-7)27(24-14-10-12-19(2)30(24)39-8)21(4)40-32(36)20(3)17-25(35)28-31(41-22(5)34)26(37-6)15-16-33-28/h9-16,20-21,27H,17H2,1-8H3/t20-,21?/m1/s1. The molecule has 1 unspecified atom stereocenters. The van der Waals surface area contributed by atoms with Gasteiger partial charge in [-0.15, -0.1) is 0 Å². The van der Waals surface area contributed by atoms with Crippen molar-refractivity contribution in [3.8, 4) is 23.0 Å². The van der Waals surface area contributed by atoms with E-state index in [4.69, 9.17) is 23.7 Å². The largest absolute Gasteiger partial charge is 0.496 e. The number of Topliss-reactive ketones (excluding diaryl/α,β-unsaturated/α-hetero) is 1. The predicted molar refractivity (Wildman–Crippen MR) is 153 cm³/mol. The van der Waals surface area contributed by atoms with Gasteiger partial charge in [-0.1, -0.05) is 43.3 Å². The monoisotopic (exact) mass is 563 g/mol. The predicted octanol–water partition coefficient (Wildman–Crippen LogP) is 5.62. The summed E-state index contributed by atoms with van der Waals surface area (Å²) >= 11 is 0. The Morgan fingerprint density at radius 2 is 1.37 bits per heavy atom. The number of para-hydroxylation sites is 2. The van der Waals surface area contributed by atoms with E-state index in [1.807, 2.05) is 57.2 Å². The summed E-state index contributed by atoms with van der Waals surface area (Å²) in [6, 6.07) is 13.1. The molecule has 9 nitrogen and oxygen atoms in total. The summed E-state index contributed by atoms with van der Waals surface area (Å²) < 4.78 is 28.0. The zero-order valence-electron chi connectivity index (χ0n) is 24.8. The third-order valence-electron chi connectivity index (χ3n) is 6.83. The van der Waals surface area contributed by atoms with Crippen LogP contribution in [0, 0.1) is 19.8 Å². The molecule has 218 valence electrons. The highest BCUT2D eigenvalue weighted by Gasteiger charge is 2.33. The molecule has 3 aromatic rings. The normalized spacial score (nSPS) is 12.3. The SMILES string of the molecule is COc1ccnc(C(=O)C[C@@H](C)C(=O)OC(C)C(c2cccc(C)c2OC)c2cccc(C)c2OC)c1OC(C)=O. The Kier molecular flexibility index (Phi) is 10.5. The molecule has 0 N–H and O–H groups in total. The number of ketones is 1. The highest BCUT2D eigenvalue weighted by atomic mass is 16.6. The zero-order chi connectivity index (χ0) is 30.3. The van der Waals surface area contributed by atoms with E-state index >= 15 is 0 Å². The van der Waals surface area contributed by atoms with E-state index in [1.54, 1.807) is 21.1 Å². The van der Waals surface area contributed by atoms with Gasteiger partial charge < -0.3 is 23.7 Å². The molecular weight excluding hydrogens is 526 g/mol. The molecule has 2 aromatic carbocycles. The second-order valence-corrected chi connectivity index (χ2v) is 9.83. The lowest BCUT2D eigenvalue weighted by Crippen LogP contribution is -2.28. The lowest BCUT2D eigenvalue weighted by molar-refractivity contribution is -0.153. The number of benzene rings is 2. The van der Waals surface area contributed by atoms with Crippen LogP contribution in [0.25, 0.3) is 0 Å². The fraction of sp³-hybridized carbons (Fsp3) is 0.375. The lowest BCUT2D eigenvalue weighted by atomic mass is 9.84. The van der Waals surface area contributed by atoms with Gasteiger partial charge in [0, 0.05) is 36.7 Å². The van der Waals surface area contributed by atoms with E-state index < -0.39 is 35.7 Å². The molecule has 3 rings (SSSR count). The molecule has 9 heteroatoms. The molecular formula is C32H37NO8. The minimum atomic E-state index is -0.817. The van der Waals surface area contributed by atoms with Crippen LogP contribution in [0.2, 0.25) is 0 Å². The Morgan fingerprint density at radius 1 is 0.805 bits per heavy atom. The first-order chi connectivity index (χ1) is 19.5. The van der Waals surface area contributed by atoms with Gasteiger partial charge in [-0.25, -0.2) is 4.98 Å². The molecule has 0 spiro atoms. The minimum Gasteiger partial charge on any atom is -0.496 e. The first-order valence-electron chi connectivity index (χ1n) is 13.3. The first kappa shape index (κ1) is 31.1. The number of nitrogens with zero attached hydrogens (tertiary/aromatic N) is 1. The second kappa shape index (κ2) is 13.8. The van der Waals surface area contributed by atoms with Gasteiger partial charge in [-0.05, 0) is 31.9 Å². The Balaban J connectivity index is 1.92. The van der Waals surface area contributed by atoms with Gasteiger partial charge >= 0.3 is 11.9 Å². The molecule has 0 bridgehead atoms. The number of carbonyl (C=O) groups excluding carboxylic acids is 3. The number of hydrogen-bond donors (Lipinski definition) is 0. The summed E-state index contributed by atoms with van der Waals surface area (Å²) in [7, 11) is 4.61. The van der Waals surface area contributed by atoms with E-state index in [-0.39, 0.29) is 23.6 Å². The number of methoxy groups -OCH3 is 3. The van der Waals surface area contributed by atoms with Crippen molar-refractivity contribution in [1.29, 1.82) is 0 Å². The average Bonchev–Trinajstić information content (AvgIpc) is 2.93. The van der Waals surface area contributed by atoms with E-state index in [9.17, 15) is 14.4 Å². The molecule has 0 saturated carbocycles. The molecule has 0 aliphatic carbocycles. The van der Waals surface area contributed by atoms with E-state index in [0.717, 1.165) is 22.3 Å². The van der Waals surface area contributed by atoms with Crippen LogP contribution in [0.5, 0.6) is 23.0 Å². The van der Waals surface area contributed by atoms with Gasteiger partial charge in [0.05, 0.1) is 33.2 Å². The molecule has 0 amide bonds. The summed E-state index contributed by atoms with van der Waals surface area (Å²) in [6.07, 6.45) is 0.503. The molecule has 1 heterocycles. The highest BCUT2D eigenvalue weighted by molar-refractivity contribution is 6.00. The maximum atomic E-state index is 13.3. The van der Waals surface area contributed by atoms with E-state index in [2.05, 4.69) is 4.98 Å². The van der Waals surface area contributed by atoms with Gasteiger partial charge in [0.2, 0.25) is 5.75 Å². The maximum Gasteiger partial charge on any atom is 0.309 e. The van der Waals surface area contributed by atoms with Crippen LogP contribution in [-0.2, 0) is 14.3 Å². The minimum absolute atomic E-state index is 0.0837. The van der Waals surface area contributed by atoms with Crippen LogP contribution >= 0.6 is 0 Å². The van der Waals surface area contributed by atoms with Crippen molar-refractivity contribution in [2.45, 2.75) is 53.1 Å². The van der Waals surface area contributed by atoms with Gasteiger partial charge in [0.1, 0.15) is 17.6 Å². The van der Waals surface area contributed by atoms with Crippen LogP contribution in [0.3, 0.4) is 0 Å². The number of ether oxygens (including phenoxy) is 5. The van der Waals surface area contributed by atoms with Gasteiger partial charge in [-0.2, -0.15) is 0 Å². The molecule has 0 radical (unpaired) electrons. The summed E-state index contributed by atoms with van der Waals surface area (Å²) in [4.78, 5) is 42.3. The maximum absolute atomic E-state index is 13.3. The Morgan fingerprint density at radius 3 is 1.85 bits per heavy atom. The summed E-state index contributed by atoms with van der Waals surface area (Å²) in [5.41, 5.74) is 3.46. The van der Waals surface area contributed by atoms with Crippen molar-refractivity contribution in [1.82, 2.24) is 4.98 Å². The Bertz CT molecular complexity index is 1360. The van der Waals surface area contributed by atoms with Crippen LogP contribution in [0.15, 0.2) is 48.7 Å². The van der Waals surface area contributed by atoms with Crippen molar-refractivity contribution < 1.29 is 38.1 Å². The van der Waals surface area contributed by atoms with Crippen LogP contribution in [0.4, 0.5) is 0 Å². The number of rotatable bonds is 12. The highest BCUT2D eigenvalue weighted by Crippen LogP contribution is 2.42. The lowest BCUT2D eigenvalue weighted by Gasteiger charge is -2.29. The molecule has 0 saturated heterocycles.